The number of amides is 1. The molecule has 0 aromatic carbocycles. The Morgan fingerprint density at radius 2 is 2.00 bits per heavy atom. The van der Waals surface area contributed by atoms with E-state index in [9.17, 15) is 4.79 Å². The van der Waals surface area contributed by atoms with Crippen LogP contribution in [0.2, 0.25) is 0 Å². The van der Waals surface area contributed by atoms with Crippen molar-refractivity contribution in [1.29, 1.82) is 0 Å². The summed E-state index contributed by atoms with van der Waals surface area (Å²) in [4.78, 5) is 14.5. The van der Waals surface area contributed by atoms with Crippen LogP contribution in [0.15, 0.2) is 24.3 Å². The fraction of sp³-hybridized carbons (Fsp3) is 0.615. The minimum Gasteiger partial charge on any atom is -0.357 e. The van der Waals surface area contributed by atoms with E-state index < -0.39 is 5.54 Å². The highest BCUT2D eigenvalue weighted by atomic mass is 16.2. The van der Waals surface area contributed by atoms with Crippen molar-refractivity contribution >= 4 is 5.91 Å². The molecular formula is C13H20N2O. The Bertz CT molecular complexity index is 316. The van der Waals surface area contributed by atoms with Gasteiger partial charge in [0.25, 0.3) is 0 Å². The summed E-state index contributed by atoms with van der Waals surface area (Å²) in [7, 11) is 1.72. The Balaban J connectivity index is 2.22. The molecule has 1 amide bonds. The van der Waals surface area contributed by atoms with Crippen LogP contribution in [0.5, 0.6) is 0 Å². The number of nitrogens with one attached hydrogen (secondary N) is 1. The highest BCUT2D eigenvalue weighted by Gasteiger charge is 2.41. The van der Waals surface area contributed by atoms with Crippen LogP contribution < -0.4 is 5.32 Å². The lowest BCUT2D eigenvalue weighted by molar-refractivity contribution is -0.130. The topological polar surface area (TPSA) is 32.3 Å². The Hall–Kier alpha value is -1.09. The van der Waals surface area contributed by atoms with Crippen LogP contribution in [0.3, 0.4) is 0 Å². The van der Waals surface area contributed by atoms with Gasteiger partial charge in [-0.1, -0.05) is 30.7 Å². The minimum atomic E-state index is -0.427. The average molecular weight is 220 g/mol. The number of hydrogen-bond donors (Lipinski definition) is 1. The minimum absolute atomic E-state index is 0.120. The molecule has 16 heavy (non-hydrogen) atoms. The fourth-order valence-electron chi connectivity index (χ4n) is 2.66. The lowest BCUT2D eigenvalue weighted by Gasteiger charge is -2.42. The van der Waals surface area contributed by atoms with Gasteiger partial charge in [-0.2, -0.15) is 0 Å². The van der Waals surface area contributed by atoms with Crippen LogP contribution in [0.1, 0.15) is 25.7 Å². The maximum absolute atomic E-state index is 12.2. The second kappa shape index (κ2) is 4.83. The van der Waals surface area contributed by atoms with E-state index in [1.807, 2.05) is 12.2 Å². The van der Waals surface area contributed by atoms with Crippen molar-refractivity contribution in [3.8, 4) is 0 Å². The Kier molecular flexibility index (Phi) is 3.44. The summed E-state index contributed by atoms with van der Waals surface area (Å²) in [6.45, 7) is 2.07. The van der Waals surface area contributed by atoms with Crippen LogP contribution in [-0.2, 0) is 4.79 Å². The third kappa shape index (κ3) is 1.92. The lowest BCUT2D eigenvalue weighted by Crippen LogP contribution is -2.58. The number of carbonyl (C=O) groups excluding carboxylic acids is 1. The van der Waals surface area contributed by atoms with Crippen LogP contribution in [0, 0.1) is 0 Å². The molecule has 1 atom stereocenters. The molecule has 2 rings (SSSR count). The maximum Gasteiger partial charge on any atom is 0.244 e. The van der Waals surface area contributed by atoms with Crippen molar-refractivity contribution in [2.24, 2.45) is 0 Å². The van der Waals surface area contributed by atoms with Crippen LogP contribution in [-0.4, -0.2) is 36.5 Å². The van der Waals surface area contributed by atoms with E-state index in [0.29, 0.717) is 0 Å². The Labute approximate surface area is 97.2 Å². The third-order valence-electron chi connectivity index (χ3n) is 3.59. The molecule has 1 unspecified atom stereocenters. The van der Waals surface area contributed by atoms with Crippen molar-refractivity contribution in [1.82, 2.24) is 10.2 Å². The number of piperidine rings is 1. The number of likely N-dealkylation sites (N-methyl/N-ethyl adjacent to an activating group) is 1. The second-order valence-electron chi connectivity index (χ2n) is 4.54. The number of likely N-dealkylation sites (tertiary alicyclic amines) is 1. The molecule has 1 aliphatic heterocycles. The fourth-order valence-corrected chi connectivity index (χ4v) is 2.66. The molecule has 1 aliphatic carbocycles. The van der Waals surface area contributed by atoms with Crippen LogP contribution in [0.25, 0.3) is 0 Å². The molecule has 0 bridgehead atoms. The second-order valence-corrected chi connectivity index (χ2v) is 4.54. The van der Waals surface area contributed by atoms with Gasteiger partial charge in [0.1, 0.15) is 5.54 Å². The van der Waals surface area contributed by atoms with Crippen LogP contribution >= 0.6 is 0 Å². The number of nitrogens with zero attached hydrogens (tertiary/aromatic N) is 1. The van der Waals surface area contributed by atoms with Crippen molar-refractivity contribution in [3.63, 3.8) is 0 Å². The summed E-state index contributed by atoms with van der Waals surface area (Å²) < 4.78 is 0. The largest absolute Gasteiger partial charge is 0.357 e. The first-order chi connectivity index (χ1) is 7.79. The summed E-state index contributed by atoms with van der Waals surface area (Å²) >= 11 is 0. The van der Waals surface area contributed by atoms with E-state index in [1.165, 1.54) is 19.3 Å². The number of allylic oxidation sites excluding steroid dienone is 2. The van der Waals surface area contributed by atoms with Crippen LogP contribution in [0.4, 0.5) is 0 Å². The van der Waals surface area contributed by atoms with E-state index in [-0.39, 0.29) is 5.91 Å². The third-order valence-corrected chi connectivity index (χ3v) is 3.59. The van der Waals surface area contributed by atoms with Gasteiger partial charge in [0.05, 0.1) is 0 Å². The average Bonchev–Trinajstić information content (AvgIpc) is 2.39. The van der Waals surface area contributed by atoms with Crippen molar-refractivity contribution in [2.45, 2.75) is 31.2 Å². The van der Waals surface area contributed by atoms with Gasteiger partial charge in [-0.25, -0.2) is 0 Å². The molecule has 3 nitrogen and oxygen atoms in total. The standard InChI is InChI=1S/C13H20N2O/c1-14-12(16)13(8-4-2-5-9-13)15-10-6-3-7-11-15/h2,4-5,8H,3,6-7,9-11H2,1H3,(H,14,16). The Morgan fingerprint density at radius 1 is 1.25 bits per heavy atom. The van der Waals surface area contributed by atoms with Gasteiger partial charge in [-0.05, 0) is 32.4 Å². The molecule has 0 aromatic rings. The normalized spacial score (nSPS) is 30.3. The van der Waals surface area contributed by atoms with E-state index in [0.717, 1.165) is 19.5 Å². The zero-order valence-electron chi connectivity index (χ0n) is 9.91. The van der Waals surface area contributed by atoms with Crippen molar-refractivity contribution in [2.75, 3.05) is 20.1 Å². The molecule has 3 heteroatoms. The van der Waals surface area contributed by atoms with Gasteiger partial charge in [0.2, 0.25) is 5.91 Å². The van der Waals surface area contributed by atoms with Gasteiger partial charge in [0, 0.05) is 7.05 Å². The zero-order chi connectivity index (χ0) is 11.4. The smallest absolute Gasteiger partial charge is 0.244 e. The molecule has 0 aromatic heterocycles. The zero-order valence-corrected chi connectivity index (χ0v) is 9.91. The molecule has 88 valence electrons. The lowest BCUT2D eigenvalue weighted by atomic mass is 9.86. The quantitative estimate of drug-likeness (QED) is 0.764. The highest BCUT2D eigenvalue weighted by molar-refractivity contribution is 5.89. The molecule has 0 spiro atoms. The number of rotatable bonds is 2. The van der Waals surface area contributed by atoms with Gasteiger partial charge in [-0.15, -0.1) is 0 Å². The summed E-state index contributed by atoms with van der Waals surface area (Å²) in [5.74, 6) is 0.120. The monoisotopic (exact) mass is 220 g/mol. The van der Waals surface area contributed by atoms with Gasteiger partial charge in [-0.3, -0.25) is 9.69 Å². The summed E-state index contributed by atoms with van der Waals surface area (Å²) in [5.41, 5.74) is -0.427. The van der Waals surface area contributed by atoms with E-state index in [4.69, 9.17) is 0 Å². The van der Waals surface area contributed by atoms with Gasteiger partial charge >= 0.3 is 0 Å². The predicted molar refractivity (Wildman–Crippen MR) is 65.1 cm³/mol. The molecule has 2 aliphatic rings. The highest BCUT2D eigenvalue weighted by Crippen LogP contribution is 2.28. The first-order valence-corrected chi connectivity index (χ1v) is 6.11. The van der Waals surface area contributed by atoms with E-state index >= 15 is 0 Å². The molecule has 1 N–H and O–H groups in total. The molecule has 1 saturated heterocycles. The molecule has 1 heterocycles. The number of hydrogen-bond acceptors (Lipinski definition) is 2. The predicted octanol–water partition coefficient (Wildman–Crippen LogP) is 1.47. The maximum atomic E-state index is 12.2. The van der Waals surface area contributed by atoms with Crippen molar-refractivity contribution in [3.05, 3.63) is 24.3 Å². The molecular weight excluding hydrogens is 200 g/mol. The molecule has 0 radical (unpaired) electrons. The number of carbonyl (C=O) groups is 1. The van der Waals surface area contributed by atoms with Gasteiger partial charge < -0.3 is 5.32 Å². The Morgan fingerprint density at radius 3 is 2.56 bits per heavy atom. The SMILES string of the molecule is CNC(=O)C1(N2CCCCC2)C=CC=CC1. The van der Waals surface area contributed by atoms with Gasteiger partial charge in [0.15, 0.2) is 0 Å². The summed E-state index contributed by atoms with van der Waals surface area (Å²) in [6.07, 6.45) is 12.6. The summed E-state index contributed by atoms with van der Waals surface area (Å²) in [5, 5.41) is 2.81. The summed E-state index contributed by atoms with van der Waals surface area (Å²) in [6, 6.07) is 0. The first-order valence-electron chi connectivity index (χ1n) is 6.11. The van der Waals surface area contributed by atoms with Crippen molar-refractivity contribution < 1.29 is 4.79 Å². The van der Waals surface area contributed by atoms with E-state index in [2.05, 4.69) is 22.4 Å². The van der Waals surface area contributed by atoms with E-state index in [1.54, 1.807) is 7.05 Å². The molecule has 0 saturated carbocycles. The first kappa shape index (κ1) is 11.4. The molecule has 1 fully saturated rings.